The first kappa shape index (κ1) is 38.2. The monoisotopic (exact) mass is 874 g/mol. The molecule has 0 amide bonds. The molecular formula is C67H42N2. The highest BCUT2D eigenvalue weighted by Crippen LogP contribution is 2.65. The van der Waals surface area contributed by atoms with Gasteiger partial charge in [-0.2, -0.15) is 0 Å². The summed E-state index contributed by atoms with van der Waals surface area (Å²) in [7, 11) is 0. The number of rotatable bonds is 5. The summed E-state index contributed by atoms with van der Waals surface area (Å²) < 4.78 is 4.82. The van der Waals surface area contributed by atoms with Crippen LogP contribution in [0, 0.1) is 0 Å². The molecule has 2 nitrogen and oxygen atoms in total. The molecule has 15 rings (SSSR count). The Kier molecular flexibility index (Phi) is 8.02. The van der Waals surface area contributed by atoms with Crippen molar-refractivity contribution in [1.82, 2.24) is 9.13 Å². The zero-order valence-corrected chi connectivity index (χ0v) is 37.6. The van der Waals surface area contributed by atoms with E-state index in [1.807, 2.05) is 0 Å². The lowest BCUT2D eigenvalue weighted by Crippen LogP contribution is -2.25. The molecule has 0 saturated carbocycles. The maximum atomic E-state index is 2.44. The van der Waals surface area contributed by atoms with E-state index < -0.39 is 5.41 Å². The summed E-state index contributed by atoms with van der Waals surface area (Å²) in [5.41, 5.74) is 24.8. The van der Waals surface area contributed by atoms with E-state index in [-0.39, 0.29) is 0 Å². The SMILES string of the molecule is c1ccc(-c2cccc3c2-c2ccccc2C32c3ccccc3-c3c(-c4ccc(-n5c6ccccc6c6cc(-c7ccc8c(c7)c7ccccc7n8-c7ccccc7)ccc65)cc4)cccc32)cc1. The molecule has 2 heterocycles. The quantitative estimate of drug-likeness (QED) is 0.163. The van der Waals surface area contributed by atoms with Gasteiger partial charge >= 0.3 is 0 Å². The minimum absolute atomic E-state index is 0.437. The number of aromatic nitrogens is 2. The molecule has 0 aliphatic heterocycles. The second kappa shape index (κ2) is 14.5. The standard InChI is InChI=1S/C67H42N2/c1-3-17-43(18-4-1)49-25-15-29-59-65(49)53-23-7-11-27-57(53)67(59)58-28-12-8-24-54(58)66-50(26-16-30-60(66)67)44-33-37-48(38-34-44)69-62-32-14-10-22-52(62)56-42-46(36-40-64(56)69)45-35-39-63-55(41-45)51-21-9-13-31-61(51)68(63)47-19-5-2-6-20-47/h1-42H. The summed E-state index contributed by atoms with van der Waals surface area (Å²) in [4.78, 5) is 0. The van der Waals surface area contributed by atoms with Gasteiger partial charge in [0, 0.05) is 32.9 Å². The van der Waals surface area contributed by atoms with Crippen LogP contribution in [0.2, 0.25) is 0 Å². The third-order valence-electron chi connectivity index (χ3n) is 15.4. The molecule has 13 aromatic rings. The number of hydrogen-bond acceptors (Lipinski definition) is 0. The first-order chi connectivity index (χ1) is 34.3. The van der Waals surface area contributed by atoms with Crippen LogP contribution in [0.25, 0.3) is 111 Å². The van der Waals surface area contributed by atoms with Crippen LogP contribution in [-0.4, -0.2) is 9.13 Å². The van der Waals surface area contributed by atoms with E-state index in [1.165, 1.54) is 127 Å². The largest absolute Gasteiger partial charge is 0.309 e. The Morgan fingerprint density at radius 3 is 1.14 bits per heavy atom. The summed E-state index contributed by atoms with van der Waals surface area (Å²) in [5.74, 6) is 0. The van der Waals surface area contributed by atoms with Crippen LogP contribution in [0.5, 0.6) is 0 Å². The molecule has 0 N–H and O–H groups in total. The van der Waals surface area contributed by atoms with E-state index in [9.17, 15) is 0 Å². The number of para-hydroxylation sites is 3. The molecule has 0 fully saturated rings. The predicted octanol–water partition coefficient (Wildman–Crippen LogP) is 17.2. The normalized spacial score (nSPS) is 14.4. The number of benzene rings is 11. The number of hydrogen-bond donors (Lipinski definition) is 0. The van der Waals surface area contributed by atoms with Gasteiger partial charge in [-0.3, -0.25) is 0 Å². The highest BCUT2D eigenvalue weighted by Gasteiger charge is 2.52. The van der Waals surface area contributed by atoms with Crippen LogP contribution < -0.4 is 0 Å². The van der Waals surface area contributed by atoms with Crippen LogP contribution >= 0.6 is 0 Å². The molecule has 2 heteroatoms. The maximum absolute atomic E-state index is 2.44. The van der Waals surface area contributed by atoms with Crippen molar-refractivity contribution in [2.24, 2.45) is 0 Å². The van der Waals surface area contributed by atoms with Gasteiger partial charge in [-0.1, -0.05) is 194 Å². The molecule has 2 aromatic heterocycles. The molecule has 1 atom stereocenters. The number of nitrogens with zero attached hydrogens (tertiary/aromatic N) is 2. The fraction of sp³-hybridized carbons (Fsp3) is 0.0149. The Bertz CT molecular complexity index is 4230. The average Bonchev–Trinajstić information content (AvgIpc) is 4.13. The molecule has 11 aromatic carbocycles. The maximum Gasteiger partial charge on any atom is 0.0725 e. The zero-order valence-electron chi connectivity index (χ0n) is 37.6. The van der Waals surface area contributed by atoms with Crippen molar-refractivity contribution in [1.29, 1.82) is 0 Å². The van der Waals surface area contributed by atoms with Gasteiger partial charge in [0.05, 0.1) is 27.5 Å². The average molecular weight is 875 g/mol. The fourth-order valence-electron chi connectivity index (χ4n) is 12.6. The Morgan fingerprint density at radius 1 is 0.232 bits per heavy atom. The van der Waals surface area contributed by atoms with Crippen molar-refractivity contribution < 1.29 is 0 Å². The molecular weight excluding hydrogens is 833 g/mol. The molecule has 1 spiro atoms. The van der Waals surface area contributed by atoms with Crippen molar-refractivity contribution in [3.05, 3.63) is 277 Å². The smallest absolute Gasteiger partial charge is 0.0725 e. The van der Waals surface area contributed by atoms with Gasteiger partial charge in [0.2, 0.25) is 0 Å². The second-order valence-corrected chi connectivity index (χ2v) is 18.7. The molecule has 69 heavy (non-hydrogen) atoms. The highest BCUT2D eigenvalue weighted by molar-refractivity contribution is 6.13. The van der Waals surface area contributed by atoms with Crippen molar-refractivity contribution >= 4 is 43.6 Å². The molecule has 1 unspecified atom stereocenters. The summed E-state index contributed by atoms with van der Waals surface area (Å²) in [5, 5.41) is 5.01. The zero-order chi connectivity index (χ0) is 45.2. The van der Waals surface area contributed by atoms with Crippen LogP contribution in [0.3, 0.4) is 0 Å². The lowest BCUT2D eigenvalue weighted by Gasteiger charge is -2.30. The van der Waals surface area contributed by atoms with Gasteiger partial charge < -0.3 is 9.13 Å². The van der Waals surface area contributed by atoms with E-state index in [4.69, 9.17) is 0 Å². The van der Waals surface area contributed by atoms with Gasteiger partial charge in [0.15, 0.2) is 0 Å². The fourth-order valence-corrected chi connectivity index (χ4v) is 12.6. The van der Waals surface area contributed by atoms with E-state index in [2.05, 4.69) is 264 Å². The van der Waals surface area contributed by atoms with Crippen molar-refractivity contribution in [2.45, 2.75) is 5.41 Å². The van der Waals surface area contributed by atoms with Crippen LogP contribution in [0.4, 0.5) is 0 Å². The van der Waals surface area contributed by atoms with E-state index >= 15 is 0 Å². The summed E-state index contributed by atoms with van der Waals surface area (Å²) >= 11 is 0. The summed E-state index contributed by atoms with van der Waals surface area (Å²) in [6.45, 7) is 0. The first-order valence-corrected chi connectivity index (χ1v) is 24.0. The van der Waals surface area contributed by atoms with Crippen LogP contribution in [-0.2, 0) is 5.41 Å². The van der Waals surface area contributed by atoms with E-state index in [0.29, 0.717) is 0 Å². The van der Waals surface area contributed by atoms with Gasteiger partial charge in [-0.05, 0) is 139 Å². The summed E-state index contributed by atoms with van der Waals surface area (Å²) in [6, 6.07) is 94.6. The first-order valence-electron chi connectivity index (χ1n) is 24.0. The molecule has 320 valence electrons. The molecule has 0 radical (unpaired) electrons. The van der Waals surface area contributed by atoms with E-state index in [0.717, 1.165) is 5.69 Å². The van der Waals surface area contributed by atoms with Crippen molar-refractivity contribution in [3.8, 4) is 67.0 Å². The van der Waals surface area contributed by atoms with Gasteiger partial charge in [0.1, 0.15) is 0 Å². The molecule has 0 bridgehead atoms. The van der Waals surface area contributed by atoms with Gasteiger partial charge in [-0.25, -0.2) is 0 Å². The van der Waals surface area contributed by atoms with Crippen LogP contribution in [0.15, 0.2) is 255 Å². The van der Waals surface area contributed by atoms with Crippen molar-refractivity contribution in [3.63, 3.8) is 0 Å². The van der Waals surface area contributed by atoms with Crippen LogP contribution in [0.1, 0.15) is 22.3 Å². The molecule has 0 saturated heterocycles. The second-order valence-electron chi connectivity index (χ2n) is 18.7. The lowest BCUT2D eigenvalue weighted by molar-refractivity contribution is 0.794. The number of fused-ring (bicyclic) bond motifs is 16. The Morgan fingerprint density at radius 2 is 0.609 bits per heavy atom. The Balaban J connectivity index is 0.856. The predicted molar refractivity (Wildman–Crippen MR) is 288 cm³/mol. The van der Waals surface area contributed by atoms with Gasteiger partial charge in [-0.15, -0.1) is 0 Å². The minimum Gasteiger partial charge on any atom is -0.309 e. The third-order valence-corrected chi connectivity index (χ3v) is 15.4. The molecule has 2 aliphatic rings. The molecule has 2 aliphatic carbocycles. The van der Waals surface area contributed by atoms with Crippen molar-refractivity contribution in [2.75, 3.05) is 0 Å². The topological polar surface area (TPSA) is 9.86 Å². The third kappa shape index (κ3) is 5.26. The van der Waals surface area contributed by atoms with Gasteiger partial charge in [0.25, 0.3) is 0 Å². The lowest BCUT2D eigenvalue weighted by atomic mass is 9.70. The Hall–Kier alpha value is -8.98. The highest BCUT2D eigenvalue weighted by atomic mass is 15.0. The Labute approximate surface area is 400 Å². The summed E-state index contributed by atoms with van der Waals surface area (Å²) in [6.07, 6.45) is 0. The minimum atomic E-state index is -0.437. The van der Waals surface area contributed by atoms with E-state index in [1.54, 1.807) is 0 Å².